The van der Waals surface area contributed by atoms with E-state index in [1.165, 1.54) is 0 Å². The molecular formula is C23H28N4O4. The number of nitrogens with zero attached hydrogens (tertiary/aromatic N) is 4. The van der Waals surface area contributed by atoms with Crippen molar-refractivity contribution in [2.75, 3.05) is 13.6 Å². The van der Waals surface area contributed by atoms with Gasteiger partial charge in [-0.05, 0) is 39.2 Å². The highest BCUT2D eigenvalue weighted by molar-refractivity contribution is 5.96. The SMILES string of the molecule is CN(C(=O)c1cnn2c1CN(C(=O)OC(C)(C)C)CC2)C1(c2ccccc2C=O)CC1. The standard InChI is InChI=1S/C23H28N4O4/c1-22(2,3)31-21(30)26-11-12-27-19(14-26)17(13-24-27)20(29)25(4)23(9-10-23)18-8-6-5-7-16(18)15-28/h5-8,13,15H,9-12,14H2,1-4H3. The summed E-state index contributed by atoms with van der Waals surface area (Å²) in [5.74, 6) is -0.162. The molecule has 0 N–H and O–H groups in total. The summed E-state index contributed by atoms with van der Waals surface area (Å²) in [6.45, 7) is 6.73. The number of hydrogen-bond acceptors (Lipinski definition) is 5. The van der Waals surface area contributed by atoms with Crippen LogP contribution in [0.4, 0.5) is 4.79 Å². The van der Waals surface area contributed by atoms with Crippen LogP contribution < -0.4 is 0 Å². The summed E-state index contributed by atoms with van der Waals surface area (Å²) in [4.78, 5) is 40.9. The van der Waals surface area contributed by atoms with E-state index in [2.05, 4.69) is 5.10 Å². The van der Waals surface area contributed by atoms with Crippen LogP contribution in [0.3, 0.4) is 0 Å². The van der Waals surface area contributed by atoms with Crippen molar-refractivity contribution >= 4 is 18.3 Å². The van der Waals surface area contributed by atoms with Gasteiger partial charge in [-0.15, -0.1) is 0 Å². The molecule has 0 bridgehead atoms. The average molecular weight is 425 g/mol. The van der Waals surface area contributed by atoms with E-state index >= 15 is 0 Å². The lowest BCUT2D eigenvalue weighted by molar-refractivity contribution is 0.0192. The van der Waals surface area contributed by atoms with Crippen LogP contribution in [-0.2, 0) is 23.4 Å². The molecule has 1 saturated carbocycles. The molecular weight excluding hydrogens is 396 g/mol. The summed E-state index contributed by atoms with van der Waals surface area (Å²) >= 11 is 0. The van der Waals surface area contributed by atoms with Crippen molar-refractivity contribution in [1.29, 1.82) is 0 Å². The minimum Gasteiger partial charge on any atom is -0.444 e. The topological polar surface area (TPSA) is 84.7 Å². The van der Waals surface area contributed by atoms with E-state index in [1.807, 2.05) is 39.0 Å². The van der Waals surface area contributed by atoms with Crippen molar-refractivity contribution in [3.63, 3.8) is 0 Å². The van der Waals surface area contributed by atoms with Gasteiger partial charge in [-0.25, -0.2) is 4.79 Å². The van der Waals surface area contributed by atoms with Gasteiger partial charge in [0, 0.05) is 19.2 Å². The number of carbonyl (C=O) groups excluding carboxylic acids is 3. The number of fused-ring (bicyclic) bond motifs is 1. The van der Waals surface area contributed by atoms with Crippen molar-refractivity contribution in [1.82, 2.24) is 19.6 Å². The fourth-order valence-electron chi connectivity index (χ4n) is 4.21. The second kappa shape index (κ2) is 7.51. The number of aldehydes is 1. The highest BCUT2D eigenvalue weighted by Crippen LogP contribution is 2.51. The van der Waals surface area contributed by atoms with E-state index in [0.717, 1.165) is 24.7 Å². The van der Waals surface area contributed by atoms with Gasteiger partial charge in [0.25, 0.3) is 5.91 Å². The molecule has 8 nitrogen and oxygen atoms in total. The molecule has 2 aliphatic rings. The average Bonchev–Trinajstić information content (AvgIpc) is 3.44. The maximum absolute atomic E-state index is 13.5. The third-order valence-corrected chi connectivity index (χ3v) is 6.01. The van der Waals surface area contributed by atoms with Gasteiger partial charge in [-0.3, -0.25) is 14.3 Å². The third kappa shape index (κ3) is 3.82. The number of ether oxygens (including phenoxy) is 1. The summed E-state index contributed by atoms with van der Waals surface area (Å²) < 4.78 is 7.27. The Hall–Kier alpha value is -3.16. The molecule has 1 aliphatic carbocycles. The van der Waals surface area contributed by atoms with Gasteiger partial charge in [0.1, 0.15) is 11.9 Å². The van der Waals surface area contributed by atoms with Gasteiger partial charge in [0.15, 0.2) is 0 Å². The Morgan fingerprint density at radius 3 is 2.55 bits per heavy atom. The first-order chi connectivity index (χ1) is 14.7. The van der Waals surface area contributed by atoms with Crippen LogP contribution in [0, 0.1) is 0 Å². The Morgan fingerprint density at radius 2 is 1.90 bits per heavy atom. The lowest BCUT2D eigenvalue weighted by atomic mass is 9.97. The van der Waals surface area contributed by atoms with Crippen LogP contribution >= 0.6 is 0 Å². The van der Waals surface area contributed by atoms with Crippen molar-refractivity contribution in [3.8, 4) is 0 Å². The Labute approximate surface area is 181 Å². The molecule has 31 heavy (non-hydrogen) atoms. The molecule has 2 aromatic rings. The van der Waals surface area contributed by atoms with Crippen molar-refractivity contribution in [2.24, 2.45) is 0 Å². The Bertz CT molecular complexity index is 1030. The molecule has 8 heteroatoms. The smallest absolute Gasteiger partial charge is 0.410 e. The normalized spacial score (nSPS) is 17.0. The zero-order chi connectivity index (χ0) is 22.4. The maximum Gasteiger partial charge on any atom is 0.410 e. The Morgan fingerprint density at radius 1 is 1.19 bits per heavy atom. The Balaban J connectivity index is 1.58. The van der Waals surface area contributed by atoms with E-state index in [-0.39, 0.29) is 12.5 Å². The predicted octanol–water partition coefficient (Wildman–Crippen LogP) is 3.21. The molecule has 0 saturated heterocycles. The van der Waals surface area contributed by atoms with Crippen LogP contribution in [0.5, 0.6) is 0 Å². The summed E-state index contributed by atoms with van der Waals surface area (Å²) in [7, 11) is 1.77. The summed E-state index contributed by atoms with van der Waals surface area (Å²) in [5.41, 5.74) is 1.59. The summed E-state index contributed by atoms with van der Waals surface area (Å²) in [6, 6.07) is 7.41. The van der Waals surface area contributed by atoms with Gasteiger partial charge in [-0.2, -0.15) is 5.10 Å². The van der Waals surface area contributed by atoms with E-state index in [9.17, 15) is 14.4 Å². The van der Waals surface area contributed by atoms with E-state index in [1.54, 1.807) is 33.8 Å². The van der Waals surface area contributed by atoms with Gasteiger partial charge >= 0.3 is 6.09 Å². The van der Waals surface area contributed by atoms with Crippen LogP contribution in [0.25, 0.3) is 0 Å². The molecule has 4 rings (SSSR count). The zero-order valence-corrected chi connectivity index (χ0v) is 18.4. The Kier molecular flexibility index (Phi) is 5.11. The monoisotopic (exact) mass is 424 g/mol. The lowest BCUT2D eigenvalue weighted by Gasteiger charge is -2.32. The fourth-order valence-corrected chi connectivity index (χ4v) is 4.21. The second-order valence-corrected chi connectivity index (χ2v) is 9.23. The van der Waals surface area contributed by atoms with Gasteiger partial charge in [0.2, 0.25) is 0 Å². The maximum atomic E-state index is 13.5. The van der Waals surface area contributed by atoms with E-state index < -0.39 is 17.2 Å². The van der Waals surface area contributed by atoms with Gasteiger partial charge < -0.3 is 14.5 Å². The summed E-state index contributed by atoms with van der Waals surface area (Å²) in [5, 5.41) is 4.37. The highest BCUT2D eigenvalue weighted by Gasteiger charge is 2.51. The molecule has 0 unspecified atom stereocenters. The van der Waals surface area contributed by atoms with Crippen LogP contribution in [-0.4, -0.2) is 57.1 Å². The predicted molar refractivity (Wildman–Crippen MR) is 114 cm³/mol. The first-order valence-corrected chi connectivity index (χ1v) is 10.5. The first kappa shape index (κ1) is 21.1. The molecule has 2 amide bonds. The molecule has 0 radical (unpaired) electrons. The number of amides is 2. The number of rotatable bonds is 4. The van der Waals surface area contributed by atoms with Crippen molar-refractivity contribution in [2.45, 2.75) is 57.8 Å². The number of benzene rings is 1. The molecule has 0 spiro atoms. The molecule has 1 aliphatic heterocycles. The first-order valence-electron chi connectivity index (χ1n) is 10.5. The number of carbonyl (C=O) groups is 3. The van der Waals surface area contributed by atoms with Gasteiger partial charge in [0.05, 0.1) is 36.1 Å². The molecule has 1 fully saturated rings. The molecule has 1 aromatic carbocycles. The highest BCUT2D eigenvalue weighted by atomic mass is 16.6. The summed E-state index contributed by atoms with van der Waals surface area (Å²) in [6.07, 6.45) is 3.62. The number of hydrogen-bond donors (Lipinski definition) is 0. The van der Waals surface area contributed by atoms with E-state index in [0.29, 0.717) is 29.9 Å². The third-order valence-electron chi connectivity index (χ3n) is 6.01. The zero-order valence-electron chi connectivity index (χ0n) is 18.4. The van der Waals surface area contributed by atoms with Crippen LogP contribution in [0.2, 0.25) is 0 Å². The lowest BCUT2D eigenvalue weighted by Crippen LogP contribution is -2.43. The van der Waals surface area contributed by atoms with Crippen LogP contribution in [0.1, 0.15) is 65.6 Å². The molecule has 0 atom stereocenters. The molecule has 2 heterocycles. The van der Waals surface area contributed by atoms with Crippen LogP contribution in [0.15, 0.2) is 30.5 Å². The number of aromatic nitrogens is 2. The second-order valence-electron chi connectivity index (χ2n) is 9.23. The minimum atomic E-state index is -0.585. The largest absolute Gasteiger partial charge is 0.444 e. The fraction of sp³-hybridized carbons (Fsp3) is 0.478. The van der Waals surface area contributed by atoms with Crippen molar-refractivity contribution < 1.29 is 19.1 Å². The minimum absolute atomic E-state index is 0.162. The van der Waals surface area contributed by atoms with E-state index in [4.69, 9.17) is 4.74 Å². The molecule has 164 valence electrons. The van der Waals surface area contributed by atoms with Crippen molar-refractivity contribution in [3.05, 3.63) is 52.8 Å². The molecule has 1 aromatic heterocycles. The quantitative estimate of drug-likeness (QED) is 0.704. The van der Waals surface area contributed by atoms with Gasteiger partial charge in [-0.1, -0.05) is 24.3 Å².